The van der Waals surface area contributed by atoms with Crippen molar-refractivity contribution in [3.05, 3.63) is 12.2 Å². The molecular formula is C11H21N5O2. The van der Waals surface area contributed by atoms with E-state index in [1.165, 1.54) is 0 Å². The fourth-order valence-corrected chi connectivity index (χ4v) is 2.08. The molecule has 0 aliphatic carbocycles. The van der Waals surface area contributed by atoms with Gasteiger partial charge in [0.05, 0.1) is 32.0 Å². The smallest absolute Gasteiger partial charge is 0.138 e. The SMILES string of the molecule is CC(C)n1ncnc1CC(NN)C1COCCO1. The number of hydrazine groups is 1. The summed E-state index contributed by atoms with van der Waals surface area (Å²) in [5, 5.41) is 4.21. The number of aromatic nitrogens is 3. The van der Waals surface area contributed by atoms with Crippen LogP contribution in [0.3, 0.4) is 0 Å². The molecule has 0 radical (unpaired) electrons. The molecule has 0 aromatic carbocycles. The van der Waals surface area contributed by atoms with Crippen molar-refractivity contribution in [3.63, 3.8) is 0 Å². The van der Waals surface area contributed by atoms with Crippen LogP contribution in [-0.4, -0.2) is 46.7 Å². The van der Waals surface area contributed by atoms with E-state index in [2.05, 4.69) is 29.4 Å². The average Bonchev–Trinajstić information content (AvgIpc) is 2.85. The third-order valence-electron chi connectivity index (χ3n) is 3.04. The lowest BCUT2D eigenvalue weighted by molar-refractivity contribution is -0.102. The number of nitrogens with zero attached hydrogens (tertiary/aromatic N) is 3. The van der Waals surface area contributed by atoms with E-state index < -0.39 is 0 Å². The van der Waals surface area contributed by atoms with Crippen LogP contribution >= 0.6 is 0 Å². The second kappa shape index (κ2) is 6.24. The number of nitrogens with one attached hydrogen (secondary N) is 1. The average molecular weight is 255 g/mol. The molecule has 1 aliphatic rings. The maximum absolute atomic E-state index is 5.66. The van der Waals surface area contributed by atoms with Gasteiger partial charge in [0.25, 0.3) is 0 Å². The predicted octanol–water partition coefficient (Wildman–Crippen LogP) is -0.351. The molecule has 7 heteroatoms. The van der Waals surface area contributed by atoms with Gasteiger partial charge in [-0.2, -0.15) is 5.10 Å². The lowest BCUT2D eigenvalue weighted by atomic mass is 10.1. The molecule has 1 saturated heterocycles. The Kier molecular flexibility index (Phi) is 4.65. The fraction of sp³-hybridized carbons (Fsp3) is 0.818. The monoisotopic (exact) mass is 255 g/mol. The van der Waals surface area contributed by atoms with Crippen LogP contribution in [0, 0.1) is 0 Å². The molecule has 3 N–H and O–H groups in total. The summed E-state index contributed by atoms with van der Waals surface area (Å²) in [6.45, 7) is 5.97. The summed E-state index contributed by atoms with van der Waals surface area (Å²) in [5.74, 6) is 6.51. The minimum atomic E-state index is -0.0407. The molecule has 2 heterocycles. The quantitative estimate of drug-likeness (QED) is 0.552. The summed E-state index contributed by atoms with van der Waals surface area (Å²) < 4.78 is 13.0. The van der Waals surface area contributed by atoms with E-state index in [9.17, 15) is 0 Å². The lowest BCUT2D eigenvalue weighted by Crippen LogP contribution is -2.51. The van der Waals surface area contributed by atoms with Crippen LogP contribution in [0.25, 0.3) is 0 Å². The minimum absolute atomic E-state index is 0.0213. The highest BCUT2D eigenvalue weighted by Gasteiger charge is 2.26. The molecule has 0 bridgehead atoms. The maximum atomic E-state index is 5.66. The zero-order valence-electron chi connectivity index (χ0n) is 10.9. The zero-order chi connectivity index (χ0) is 13.0. The van der Waals surface area contributed by atoms with E-state index in [1.54, 1.807) is 6.33 Å². The molecule has 102 valence electrons. The molecule has 1 aromatic heterocycles. The maximum Gasteiger partial charge on any atom is 0.138 e. The molecule has 1 aromatic rings. The zero-order valence-corrected chi connectivity index (χ0v) is 10.9. The van der Waals surface area contributed by atoms with E-state index >= 15 is 0 Å². The van der Waals surface area contributed by atoms with E-state index in [0.717, 1.165) is 5.82 Å². The van der Waals surface area contributed by atoms with Gasteiger partial charge in [0.2, 0.25) is 0 Å². The van der Waals surface area contributed by atoms with Crippen LogP contribution in [-0.2, 0) is 15.9 Å². The number of hydrogen-bond donors (Lipinski definition) is 2. The van der Waals surface area contributed by atoms with Gasteiger partial charge in [-0.05, 0) is 13.8 Å². The van der Waals surface area contributed by atoms with Crippen LogP contribution in [0.4, 0.5) is 0 Å². The van der Waals surface area contributed by atoms with Gasteiger partial charge in [0.1, 0.15) is 12.2 Å². The lowest BCUT2D eigenvalue weighted by Gasteiger charge is -2.29. The molecule has 1 fully saturated rings. The topological polar surface area (TPSA) is 87.2 Å². The van der Waals surface area contributed by atoms with E-state index in [4.69, 9.17) is 15.3 Å². The summed E-state index contributed by atoms with van der Waals surface area (Å²) in [6, 6.07) is 0.261. The summed E-state index contributed by atoms with van der Waals surface area (Å²) in [6.07, 6.45) is 2.20. The Morgan fingerprint density at radius 3 is 3.00 bits per heavy atom. The van der Waals surface area contributed by atoms with Crippen molar-refractivity contribution in [2.75, 3.05) is 19.8 Å². The Hall–Kier alpha value is -1.02. The number of ether oxygens (including phenoxy) is 2. The first kappa shape index (κ1) is 13.4. The molecule has 7 nitrogen and oxygen atoms in total. The molecule has 0 spiro atoms. The van der Waals surface area contributed by atoms with E-state index in [1.807, 2.05) is 4.68 Å². The number of hydrogen-bond acceptors (Lipinski definition) is 6. The first-order chi connectivity index (χ1) is 8.72. The molecule has 2 rings (SSSR count). The van der Waals surface area contributed by atoms with E-state index in [0.29, 0.717) is 26.2 Å². The molecule has 0 amide bonds. The van der Waals surface area contributed by atoms with Crippen molar-refractivity contribution in [2.24, 2.45) is 5.84 Å². The van der Waals surface area contributed by atoms with Crippen LogP contribution < -0.4 is 11.3 Å². The molecule has 1 aliphatic heterocycles. The third kappa shape index (κ3) is 3.05. The summed E-state index contributed by atoms with van der Waals surface area (Å²) in [4.78, 5) is 4.28. The van der Waals surface area contributed by atoms with Crippen molar-refractivity contribution in [1.29, 1.82) is 0 Å². The Morgan fingerprint density at radius 2 is 2.39 bits per heavy atom. The van der Waals surface area contributed by atoms with Crippen molar-refractivity contribution in [1.82, 2.24) is 20.2 Å². The van der Waals surface area contributed by atoms with Crippen molar-refractivity contribution >= 4 is 0 Å². The van der Waals surface area contributed by atoms with Crippen LogP contribution in [0.5, 0.6) is 0 Å². The molecule has 2 unspecified atom stereocenters. The summed E-state index contributed by atoms with van der Waals surface area (Å²) >= 11 is 0. The van der Waals surface area contributed by atoms with Gasteiger partial charge in [-0.1, -0.05) is 0 Å². The Labute approximate surface area is 107 Å². The third-order valence-corrected chi connectivity index (χ3v) is 3.04. The normalized spacial score (nSPS) is 22.3. The van der Waals surface area contributed by atoms with Gasteiger partial charge < -0.3 is 9.47 Å². The van der Waals surface area contributed by atoms with Gasteiger partial charge in [-0.15, -0.1) is 0 Å². The summed E-state index contributed by atoms with van der Waals surface area (Å²) in [7, 11) is 0. The minimum Gasteiger partial charge on any atom is -0.376 e. The Balaban J connectivity index is 2.02. The highest BCUT2D eigenvalue weighted by Crippen LogP contribution is 2.12. The highest BCUT2D eigenvalue weighted by atomic mass is 16.6. The largest absolute Gasteiger partial charge is 0.376 e. The van der Waals surface area contributed by atoms with Crippen molar-refractivity contribution in [2.45, 2.75) is 38.5 Å². The van der Waals surface area contributed by atoms with Gasteiger partial charge >= 0.3 is 0 Å². The summed E-state index contributed by atoms with van der Waals surface area (Å²) in [5.41, 5.74) is 2.79. The second-order valence-electron chi connectivity index (χ2n) is 4.68. The molecule has 18 heavy (non-hydrogen) atoms. The fourth-order valence-electron chi connectivity index (χ4n) is 2.08. The van der Waals surface area contributed by atoms with Gasteiger partial charge in [-0.25, -0.2) is 9.67 Å². The predicted molar refractivity (Wildman–Crippen MR) is 65.8 cm³/mol. The Morgan fingerprint density at radius 1 is 1.56 bits per heavy atom. The second-order valence-corrected chi connectivity index (χ2v) is 4.68. The van der Waals surface area contributed by atoms with E-state index in [-0.39, 0.29) is 18.2 Å². The number of nitrogens with two attached hydrogens (primary N) is 1. The first-order valence-electron chi connectivity index (χ1n) is 6.26. The number of rotatable bonds is 5. The molecular weight excluding hydrogens is 234 g/mol. The first-order valence-corrected chi connectivity index (χ1v) is 6.26. The van der Waals surface area contributed by atoms with Gasteiger partial charge in [0, 0.05) is 12.5 Å². The van der Waals surface area contributed by atoms with Gasteiger partial charge in [-0.3, -0.25) is 11.3 Å². The standard InChI is InChI=1S/C11H21N5O2/c1-8(2)16-11(13-7-14-16)5-9(15-12)10-6-17-3-4-18-10/h7-10,15H,3-6,12H2,1-2H3. The molecule has 2 atom stereocenters. The molecule has 0 saturated carbocycles. The van der Waals surface area contributed by atoms with Crippen molar-refractivity contribution in [3.8, 4) is 0 Å². The van der Waals surface area contributed by atoms with Crippen LogP contribution in [0.1, 0.15) is 25.7 Å². The Bertz CT molecular complexity index is 362. The van der Waals surface area contributed by atoms with Crippen LogP contribution in [0.2, 0.25) is 0 Å². The van der Waals surface area contributed by atoms with Crippen LogP contribution in [0.15, 0.2) is 6.33 Å². The highest BCUT2D eigenvalue weighted by molar-refractivity contribution is 4.93. The van der Waals surface area contributed by atoms with Crippen molar-refractivity contribution < 1.29 is 9.47 Å². The van der Waals surface area contributed by atoms with Gasteiger partial charge in [0.15, 0.2) is 0 Å².